The second kappa shape index (κ2) is 11.3. The number of pyridine rings is 1. The van der Waals surface area contributed by atoms with Crippen molar-refractivity contribution in [3.8, 4) is 11.6 Å². The van der Waals surface area contributed by atoms with Crippen LogP contribution < -0.4 is 9.47 Å². The van der Waals surface area contributed by atoms with Gasteiger partial charge < -0.3 is 19.7 Å². The molecule has 0 amide bonds. The van der Waals surface area contributed by atoms with Gasteiger partial charge in [-0.25, -0.2) is 4.98 Å². The fraction of sp³-hybridized carbons (Fsp3) is 0.500. The lowest BCUT2D eigenvalue weighted by Gasteiger charge is -2.35. The maximum atomic E-state index is 13.0. The van der Waals surface area contributed by atoms with Gasteiger partial charge in [-0.2, -0.15) is 0 Å². The third-order valence-electron chi connectivity index (χ3n) is 6.56. The average molecular weight is 456 g/mol. The predicted molar refractivity (Wildman–Crippen MR) is 124 cm³/mol. The van der Waals surface area contributed by atoms with Crippen LogP contribution in [0.2, 0.25) is 0 Å². The summed E-state index contributed by atoms with van der Waals surface area (Å²) in [6.45, 7) is 2.58. The Labute approximate surface area is 194 Å². The number of hydrogen-bond donors (Lipinski definition) is 2. The number of benzene rings is 1. The van der Waals surface area contributed by atoms with Crippen LogP contribution in [0.5, 0.6) is 11.6 Å². The first kappa shape index (κ1) is 24.7. The Morgan fingerprint density at radius 2 is 1.85 bits per heavy atom. The Morgan fingerprint density at radius 3 is 2.48 bits per heavy atom. The molecule has 2 aromatic rings. The van der Waals surface area contributed by atoms with E-state index in [4.69, 9.17) is 14.6 Å². The molecule has 0 unspecified atom stereocenters. The fourth-order valence-electron chi connectivity index (χ4n) is 4.38. The van der Waals surface area contributed by atoms with E-state index in [9.17, 15) is 14.7 Å². The molecule has 7 nitrogen and oxygen atoms in total. The maximum Gasteiger partial charge on any atom is 0.310 e. The second-order valence-electron chi connectivity index (χ2n) is 8.99. The number of ketones is 1. The van der Waals surface area contributed by atoms with E-state index in [0.717, 1.165) is 24.0 Å². The first-order chi connectivity index (χ1) is 15.9. The Hall–Kier alpha value is -2.93. The minimum Gasteiger partial charge on any atom is -0.488 e. The van der Waals surface area contributed by atoms with E-state index in [1.807, 2.05) is 24.3 Å². The minimum absolute atomic E-state index is 0.0415. The topological polar surface area (TPSA) is 106 Å². The lowest BCUT2D eigenvalue weighted by atomic mass is 9.68. The number of methoxy groups -OCH3 is 1. The summed E-state index contributed by atoms with van der Waals surface area (Å²) in [5.41, 5.74) is 1.46. The van der Waals surface area contributed by atoms with E-state index in [1.54, 1.807) is 6.07 Å². The zero-order valence-electron chi connectivity index (χ0n) is 19.4. The number of ether oxygens (including phenoxy) is 2. The molecule has 2 N–H and O–H groups in total. The quantitative estimate of drug-likeness (QED) is 0.491. The van der Waals surface area contributed by atoms with Gasteiger partial charge in [-0.1, -0.05) is 31.2 Å². The number of Topliss-reactive ketones (excluding diaryl/α,β-unsaturated/α-hetero) is 1. The van der Waals surface area contributed by atoms with Crippen LogP contribution in [-0.4, -0.2) is 47.3 Å². The summed E-state index contributed by atoms with van der Waals surface area (Å²) in [7, 11) is 1.48. The number of aliphatic carboxylic acids is 1. The molecule has 3 rings (SSSR count). The van der Waals surface area contributed by atoms with Crippen molar-refractivity contribution in [1.29, 1.82) is 0 Å². The molecule has 33 heavy (non-hydrogen) atoms. The Bertz CT molecular complexity index is 965. The highest BCUT2D eigenvalue weighted by atomic mass is 16.5. The first-order valence-corrected chi connectivity index (χ1v) is 11.5. The lowest BCUT2D eigenvalue weighted by molar-refractivity contribution is -0.151. The Balaban J connectivity index is 1.69. The summed E-state index contributed by atoms with van der Waals surface area (Å²) in [6, 6.07) is 9.55. The number of aromatic nitrogens is 1. The van der Waals surface area contributed by atoms with Crippen molar-refractivity contribution in [2.45, 2.75) is 51.9 Å². The maximum absolute atomic E-state index is 13.0. The molecule has 0 bridgehead atoms. The molecular formula is C26H33NO6. The van der Waals surface area contributed by atoms with Crippen LogP contribution >= 0.6 is 0 Å². The predicted octanol–water partition coefficient (Wildman–Crippen LogP) is 4.10. The average Bonchev–Trinajstić information content (AvgIpc) is 2.81. The molecule has 1 saturated carbocycles. The highest BCUT2D eigenvalue weighted by Crippen LogP contribution is 2.42. The van der Waals surface area contributed by atoms with Crippen LogP contribution in [0, 0.1) is 11.3 Å². The molecule has 0 spiro atoms. The number of aliphatic hydroxyl groups is 1. The van der Waals surface area contributed by atoms with Gasteiger partial charge in [0, 0.05) is 31.2 Å². The summed E-state index contributed by atoms with van der Waals surface area (Å²) in [5.74, 6) is -0.0242. The monoisotopic (exact) mass is 455 g/mol. The fourth-order valence-corrected chi connectivity index (χ4v) is 4.38. The van der Waals surface area contributed by atoms with Crippen molar-refractivity contribution >= 4 is 11.8 Å². The van der Waals surface area contributed by atoms with E-state index in [0.29, 0.717) is 49.5 Å². The lowest BCUT2D eigenvalue weighted by Crippen LogP contribution is -2.37. The molecule has 178 valence electrons. The summed E-state index contributed by atoms with van der Waals surface area (Å²) in [4.78, 5) is 29.3. The Morgan fingerprint density at radius 1 is 1.15 bits per heavy atom. The van der Waals surface area contributed by atoms with Gasteiger partial charge in [0.1, 0.15) is 0 Å². The first-order valence-electron chi connectivity index (χ1n) is 11.5. The van der Waals surface area contributed by atoms with Crippen LogP contribution in [0.15, 0.2) is 36.5 Å². The molecule has 1 fully saturated rings. The van der Waals surface area contributed by atoms with Crippen LogP contribution in [0.25, 0.3) is 0 Å². The highest BCUT2D eigenvalue weighted by Gasteiger charge is 2.43. The van der Waals surface area contributed by atoms with E-state index in [-0.39, 0.29) is 24.7 Å². The number of carboxylic acids is 1. The van der Waals surface area contributed by atoms with Crippen LogP contribution in [0.3, 0.4) is 0 Å². The largest absolute Gasteiger partial charge is 0.488 e. The number of carbonyl (C=O) groups excluding carboxylic acids is 1. The number of hydrogen-bond acceptors (Lipinski definition) is 6. The Kier molecular flexibility index (Phi) is 8.44. The van der Waals surface area contributed by atoms with Gasteiger partial charge in [-0.05, 0) is 55.2 Å². The summed E-state index contributed by atoms with van der Waals surface area (Å²) < 4.78 is 11.2. The molecule has 7 heteroatoms. The van der Waals surface area contributed by atoms with Gasteiger partial charge in [0.15, 0.2) is 11.5 Å². The van der Waals surface area contributed by atoms with Gasteiger partial charge in [0.05, 0.1) is 19.1 Å². The van der Waals surface area contributed by atoms with Gasteiger partial charge in [0.25, 0.3) is 5.88 Å². The van der Waals surface area contributed by atoms with Crippen molar-refractivity contribution in [1.82, 2.24) is 4.98 Å². The molecule has 1 aliphatic carbocycles. The zero-order chi connectivity index (χ0) is 23.8. The van der Waals surface area contributed by atoms with Crippen LogP contribution in [0.4, 0.5) is 0 Å². The van der Waals surface area contributed by atoms with E-state index in [2.05, 4.69) is 11.9 Å². The van der Waals surface area contributed by atoms with Crippen LogP contribution in [0.1, 0.15) is 60.5 Å². The van der Waals surface area contributed by atoms with Crippen LogP contribution in [-0.2, 0) is 17.6 Å². The third kappa shape index (κ3) is 6.32. The third-order valence-corrected chi connectivity index (χ3v) is 6.56. The normalized spacial score (nSPS) is 20.3. The number of carbonyl (C=O) groups is 2. The molecule has 1 aliphatic rings. The van der Waals surface area contributed by atoms with Crippen molar-refractivity contribution in [3.63, 3.8) is 0 Å². The summed E-state index contributed by atoms with van der Waals surface area (Å²) in [6.07, 6.45) is 5.28. The van der Waals surface area contributed by atoms with Gasteiger partial charge in [0.2, 0.25) is 0 Å². The minimum atomic E-state index is -1.01. The van der Waals surface area contributed by atoms with E-state index < -0.39 is 11.4 Å². The molecule has 0 radical (unpaired) electrons. The second-order valence-corrected chi connectivity index (χ2v) is 8.99. The zero-order valence-corrected chi connectivity index (χ0v) is 19.4. The molecule has 1 heterocycles. The highest BCUT2D eigenvalue weighted by molar-refractivity contribution is 5.99. The van der Waals surface area contributed by atoms with E-state index in [1.165, 1.54) is 13.3 Å². The molecular weight excluding hydrogens is 422 g/mol. The standard InChI is InChI=1S/C26H33NO6/c1-18-6-10-26(11-7-18,25(30)31)16-22(29)21-15-23(24(32-2)27-17-21)33-13-9-20-5-3-4-19(14-20)8-12-28/h3-5,14-15,17-18,28H,6-13,16H2,1-2H3,(H,30,31). The molecule has 1 aromatic carbocycles. The van der Waals surface area contributed by atoms with Crippen molar-refractivity contribution in [2.24, 2.45) is 11.3 Å². The van der Waals surface area contributed by atoms with E-state index >= 15 is 0 Å². The number of aliphatic hydroxyl groups excluding tert-OH is 1. The molecule has 0 atom stereocenters. The van der Waals surface area contributed by atoms with Crippen molar-refractivity contribution < 1.29 is 29.3 Å². The molecule has 0 aliphatic heterocycles. The summed E-state index contributed by atoms with van der Waals surface area (Å²) >= 11 is 0. The van der Waals surface area contributed by atoms with Gasteiger partial charge in [-0.3, -0.25) is 9.59 Å². The molecule has 0 saturated heterocycles. The molecule has 1 aromatic heterocycles. The number of carboxylic acid groups (broad SMARTS) is 1. The smallest absolute Gasteiger partial charge is 0.310 e. The SMILES string of the molecule is COc1ncc(C(=O)CC2(C(=O)O)CCC(C)CC2)cc1OCCc1cccc(CCO)c1. The number of rotatable bonds is 11. The van der Waals surface area contributed by atoms with Gasteiger partial charge in [-0.15, -0.1) is 0 Å². The summed E-state index contributed by atoms with van der Waals surface area (Å²) in [5, 5.41) is 19.0. The number of nitrogens with zero attached hydrogens (tertiary/aromatic N) is 1. The van der Waals surface area contributed by atoms with Crippen molar-refractivity contribution in [3.05, 3.63) is 53.2 Å². The van der Waals surface area contributed by atoms with Crippen molar-refractivity contribution in [2.75, 3.05) is 20.3 Å². The van der Waals surface area contributed by atoms with Gasteiger partial charge >= 0.3 is 5.97 Å².